The second kappa shape index (κ2) is 9.65. The SMILES string of the molecule is CCCc1occc1C(=O)NCC(Cc1ccc(OCC)cc1)C(=O)O. The highest BCUT2D eigenvalue weighted by molar-refractivity contribution is 5.95. The lowest BCUT2D eigenvalue weighted by Gasteiger charge is -2.14. The molecular formula is C20H25NO5. The normalized spacial score (nSPS) is 11.8. The van der Waals surface area contributed by atoms with E-state index in [-0.39, 0.29) is 12.5 Å². The lowest BCUT2D eigenvalue weighted by molar-refractivity contribution is -0.141. The largest absolute Gasteiger partial charge is 0.494 e. The Morgan fingerprint density at radius 2 is 1.92 bits per heavy atom. The fourth-order valence-corrected chi connectivity index (χ4v) is 2.69. The van der Waals surface area contributed by atoms with Crippen molar-refractivity contribution in [2.75, 3.05) is 13.2 Å². The minimum atomic E-state index is -0.944. The summed E-state index contributed by atoms with van der Waals surface area (Å²) in [6.07, 6.45) is 3.34. The highest BCUT2D eigenvalue weighted by Crippen LogP contribution is 2.16. The number of carbonyl (C=O) groups is 2. The summed E-state index contributed by atoms with van der Waals surface area (Å²) in [4.78, 5) is 23.9. The third kappa shape index (κ3) is 5.37. The van der Waals surface area contributed by atoms with Crippen LogP contribution in [0.15, 0.2) is 41.0 Å². The standard InChI is InChI=1S/C20H25NO5/c1-3-5-18-17(10-11-26-18)19(22)21-13-15(20(23)24)12-14-6-8-16(9-7-14)25-4-2/h6-11,15H,3-5,12-13H2,1-2H3,(H,21,22)(H,23,24). The summed E-state index contributed by atoms with van der Waals surface area (Å²) in [5, 5.41) is 12.2. The number of aliphatic carboxylic acids is 1. The van der Waals surface area contributed by atoms with Crippen molar-refractivity contribution in [2.24, 2.45) is 5.92 Å². The molecule has 0 saturated heterocycles. The van der Waals surface area contributed by atoms with Crippen LogP contribution in [0.1, 0.15) is 41.9 Å². The van der Waals surface area contributed by atoms with E-state index in [0.717, 1.165) is 17.7 Å². The van der Waals surface area contributed by atoms with Gasteiger partial charge in [0.15, 0.2) is 0 Å². The zero-order valence-electron chi connectivity index (χ0n) is 15.2. The summed E-state index contributed by atoms with van der Waals surface area (Å²) in [5.74, 6) is -0.582. The number of aryl methyl sites for hydroxylation is 1. The Kier molecular flexibility index (Phi) is 7.26. The van der Waals surface area contributed by atoms with E-state index < -0.39 is 11.9 Å². The van der Waals surface area contributed by atoms with Crippen molar-refractivity contribution < 1.29 is 23.8 Å². The minimum absolute atomic E-state index is 0.0537. The summed E-state index contributed by atoms with van der Waals surface area (Å²) in [7, 11) is 0. The lowest BCUT2D eigenvalue weighted by Crippen LogP contribution is -2.34. The molecule has 1 atom stereocenters. The molecule has 1 amide bonds. The van der Waals surface area contributed by atoms with Crippen LogP contribution in [0.5, 0.6) is 5.75 Å². The predicted molar refractivity (Wildman–Crippen MR) is 97.5 cm³/mol. The van der Waals surface area contributed by atoms with Gasteiger partial charge in [-0.05, 0) is 43.5 Å². The zero-order chi connectivity index (χ0) is 18.9. The first-order chi connectivity index (χ1) is 12.5. The van der Waals surface area contributed by atoms with E-state index in [9.17, 15) is 14.7 Å². The minimum Gasteiger partial charge on any atom is -0.494 e. The average molecular weight is 359 g/mol. The van der Waals surface area contributed by atoms with E-state index in [0.29, 0.717) is 30.8 Å². The van der Waals surface area contributed by atoms with Crippen molar-refractivity contribution in [3.8, 4) is 5.75 Å². The van der Waals surface area contributed by atoms with Gasteiger partial charge in [0.1, 0.15) is 11.5 Å². The molecule has 1 aromatic heterocycles. The molecule has 140 valence electrons. The van der Waals surface area contributed by atoms with Crippen LogP contribution in [-0.2, 0) is 17.6 Å². The van der Waals surface area contributed by atoms with Crippen molar-refractivity contribution in [1.29, 1.82) is 0 Å². The molecule has 2 N–H and O–H groups in total. The van der Waals surface area contributed by atoms with Crippen LogP contribution in [-0.4, -0.2) is 30.1 Å². The fourth-order valence-electron chi connectivity index (χ4n) is 2.69. The summed E-state index contributed by atoms with van der Waals surface area (Å²) in [5.41, 5.74) is 1.35. The lowest BCUT2D eigenvalue weighted by atomic mass is 9.99. The molecule has 1 unspecified atom stereocenters. The Labute approximate surface area is 153 Å². The van der Waals surface area contributed by atoms with Crippen LogP contribution >= 0.6 is 0 Å². The number of furan rings is 1. The molecule has 1 aromatic carbocycles. The maximum atomic E-state index is 12.3. The van der Waals surface area contributed by atoms with E-state index in [1.165, 1.54) is 6.26 Å². The first kappa shape index (κ1) is 19.6. The Hall–Kier alpha value is -2.76. The molecule has 0 spiro atoms. The molecule has 0 bridgehead atoms. The Morgan fingerprint density at radius 3 is 2.54 bits per heavy atom. The average Bonchev–Trinajstić information content (AvgIpc) is 3.08. The summed E-state index contributed by atoms with van der Waals surface area (Å²) in [6.45, 7) is 4.54. The Balaban J connectivity index is 1.96. The second-order valence-corrected chi connectivity index (χ2v) is 6.03. The molecule has 0 saturated carbocycles. The van der Waals surface area contributed by atoms with Crippen molar-refractivity contribution >= 4 is 11.9 Å². The number of carbonyl (C=O) groups excluding carboxylic acids is 1. The molecule has 0 aliphatic carbocycles. The highest BCUT2D eigenvalue weighted by atomic mass is 16.5. The number of carboxylic acids is 1. The van der Waals surface area contributed by atoms with Gasteiger partial charge < -0.3 is 19.6 Å². The number of hydrogen-bond donors (Lipinski definition) is 2. The van der Waals surface area contributed by atoms with Gasteiger partial charge in [0.05, 0.1) is 24.4 Å². The fraction of sp³-hybridized carbons (Fsp3) is 0.400. The van der Waals surface area contributed by atoms with Gasteiger partial charge in [0.25, 0.3) is 5.91 Å². The van der Waals surface area contributed by atoms with Gasteiger partial charge in [0.2, 0.25) is 0 Å². The molecule has 2 rings (SSSR count). The number of benzene rings is 1. The third-order valence-corrected chi connectivity index (χ3v) is 4.04. The van der Waals surface area contributed by atoms with Crippen molar-refractivity contribution in [2.45, 2.75) is 33.1 Å². The maximum absolute atomic E-state index is 12.3. The van der Waals surface area contributed by atoms with E-state index in [4.69, 9.17) is 9.15 Å². The van der Waals surface area contributed by atoms with Gasteiger partial charge in [0, 0.05) is 13.0 Å². The van der Waals surface area contributed by atoms with E-state index >= 15 is 0 Å². The molecule has 2 aromatic rings. The number of rotatable bonds is 10. The van der Waals surface area contributed by atoms with E-state index in [1.807, 2.05) is 38.1 Å². The quantitative estimate of drug-likeness (QED) is 0.679. The number of carboxylic acid groups (broad SMARTS) is 1. The van der Waals surface area contributed by atoms with Crippen LogP contribution in [0.3, 0.4) is 0 Å². The van der Waals surface area contributed by atoms with E-state index in [2.05, 4.69) is 5.32 Å². The third-order valence-electron chi connectivity index (χ3n) is 4.04. The van der Waals surface area contributed by atoms with Gasteiger partial charge in [-0.25, -0.2) is 0 Å². The summed E-state index contributed by atoms with van der Waals surface area (Å²) < 4.78 is 10.7. The highest BCUT2D eigenvalue weighted by Gasteiger charge is 2.21. The van der Waals surface area contributed by atoms with Gasteiger partial charge >= 0.3 is 5.97 Å². The molecule has 0 fully saturated rings. The monoisotopic (exact) mass is 359 g/mol. The molecule has 0 aliphatic rings. The topological polar surface area (TPSA) is 88.8 Å². The number of ether oxygens (including phenoxy) is 1. The Bertz CT molecular complexity index is 720. The van der Waals surface area contributed by atoms with Gasteiger partial charge in [-0.1, -0.05) is 19.1 Å². The number of hydrogen-bond acceptors (Lipinski definition) is 4. The zero-order valence-corrected chi connectivity index (χ0v) is 15.2. The van der Waals surface area contributed by atoms with Crippen LogP contribution in [0.2, 0.25) is 0 Å². The van der Waals surface area contributed by atoms with Crippen LogP contribution in [0, 0.1) is 5.92 Å². The smallest absolute Gasteiger partial charge is 0.308 e. The molecule has 0 radical (unpaired) electrons. The van der Waals surface area contributed by atoms with E-state index in [1.54, 1.807) is 6.07 Å². The molecule has 1 heterocycles. The second-order valence-electron chi connectivity index (χ2n) is 6.03. The molecule has 6 nitrogen and oxygen atoms in total. The van der Waals surface area contributed by atoms with Gasteiger partial charge in [-0.2, -0.15) is 0 Å². The van der Waals surface area contributed by atoms with Crippen LogP contribution in [0.25, 0.3) is 0 Å². The summed E-state index contributed by atoms with van der Waals surface area (Å²) >= 11 is 0. The molecule has 0 aliphatic heterocycles. The van der Waals surface area contributed by atoms with Crippen molar-refractivity contribution in [1.82, 2.24) is 5.32 Å². The predicted octanol–water partition coefficient (Wildman–Crippen LogP) is 3.30. The first-order valence-electron chi connectivity index (χ1n) is 8.84. The van der Waals surface area contributed by atoms with Crippen LogP contribution < -0.4 is 10.1 Å². The summed E-state index contributed by atoms with van der Waals surface area (Å²) in [6, 6.07) is 8.94. The Morgan fingerprint density at radius 1 is 1.19 bits per heavy atom. The molecule has 6 heteroatoms. The maximum Gasteiger partial charge on any atom is 0.308 e. The molecule has 26 heavy (non-hydrogen) atoms. The molecular weight excluding hydrogens is 334 g/mol. The first-order valence-corrected chi connectivity index (χ1v) is 8.84. The number of amides is 1. The van der Waals surface area contributed by atoms with Crippen LogP contribution in [0.4, 0.5) is 0 Å². The van der Waals surface area contributed by atoms with Crippen molar-refractivity contribution in [3.63, 3.8) is 0 Å². The number of nitrogens with one attached hydrogen (secondary N) is 1. The van der Waals surface area contributed by atoms with Crippen molar-refractivity contribution in [3.05, 3.63) is 53.5 Å². The van der Waals surface area contributed by atoms with Gasteiger partial charge in [-0.3, -0.25) is 9.59 Å². The van der Waals surface area contributed by atoms with Gasteiger partial charge in [-0.15, -0.1) is 0 Å².